The Kier molecular flexibility index (Phi) is 8.47. The molecule has 4 atom stereocenters. The lowest BCUT2D eigenvalue weighted by Gasteiger charge is -2.23. The summed E-state index contributed by atoms with van der Waals surface area (Å²) in [7, 11) is 0. The molecule has 2 aromatic rings. The van der Waals surface area contributed by atoms with Crippen molar-refractivity contribution < 1.29 is 29.6 Å². The molecular formula is C22H26O6. The van der Waals surface area contributed by atoms with E-state index in [1.807, 2.05) is 30.3 Å². The van der Waals surface area contributed by atoms with Crippen molar-refractivity contribution in [3.05, 3.63) is 71.8 Å². The highest BCUT2D eigenvalue weighted by molar-refractivity contribution is 6.40. The van der Waals surface area contributed by atoms with Gasteiger partial charge in [-0.2, -0.15) is 0 Å². The number of benzene rings is 2. The number of aliphatic hydroxyl groups is 3. The number of hydrogen-bond acceptors (Lipinski definition) is 6. The number of rotatable bonds is 11. The number of ketones is 2. The highest BCUT2D eigenvalue weighted by atomic mass is 16.5. The summed E-state index contributed by atoms with van der Waals surface area (Å²) in [5.74, 6) is -2.40. The van der Waals surface area contributed by atoms with Gasteiger partial charge in [0, 0.05) is 19.4 Å². The first-order valence-corrected chi connectivity index (χ1v) is 9.25. The molecule has 150 valence electrons. The molecule has 0 amide bonds. The quantitative estimate of drug-likeness (QED) is 0.500. The second kappa shape index (κ2) is 10.8. The van der Waals surface area contributed by atoms with E-state index in [0.29, 0.717) is 5.56 Å². The van der Waals surface area contributed by atoms with Gasteiger partial charge in [-0.1, -0.05) is 60.7 Å². The van der Waals surface area contributed by atoms with E-state index in [9.17, 15) is 24.9 Å². The van der Waals surface area contributed by atoms with Crippen LogP contribution >= 0.6 is 0 Å². The van der Waals surface area contributed by atoms with Crippen LogP contribution in [-0.2, 0) is 27.2 Å². The minimum absolute atomic E-state index is 0.00995. The van der Waals surface area contributed by atoms with Crippen LogP contribution in [-0.4, -0.2) is 57.9 Å². The number of carbonyl (C=O) groups excluding carboxylic acids is 2. The first-order chi connectivity index (χ1) is 13.4. The highest BCUT2D eigenvalue weighted by Gasteiger charge is 2.37. The van der Waals surface area contributed by atoms with E-state index in [1.165, 1.54) is 0 Å². The van der Waals surface area contributed by atoms with E-state index < -0.39 is 36.0 Å². The van der Waals surface area contributed by atoms with Crippen molar-refractivity contribution in [2.45, 2.75) is 44.2 Å². The second-order valence-corrected chi connectivity index (χ2v) is 6.56. The molecule has 0 aromatic heterocycles. The predicted molar refractivity (Wildman–Crippen MR) is 104 cm³/mol. The summed E-state index contributed by atoms with van der Waals surface area (Å²) in [4.78, 5) is 24.7. The van der Waals surface area contributed by atoms with E-state index in [-0.39, 0.29) is 19.4 Å². The fourth-order valence-electron chi connectivity index (χ4n) is 2.92. The number of ether oxygens (including phenoxy) is 1. The Hall–Kier alpha value is -2.38. The van der Waals surface area contributed by atoms with Crippen molar-refractivity contribution in [1.29, 1.82) is 0 Å². The number of carbonyl (C=O) groups is 2. The van der Waals surface area contributed by atoms with E-state index in [4.69, 9.17) is 4.74 Å². The smallest absolute Gasteiger partial charge is 0.232 e. The molecule has 0 fully saturated rings. The molecule has 2 rings (SSSR count). The van der Waals surface area contributed by atoms with Gasteiger partial charge in [0.25, 0.3) is 0 Å². The van der Waals surface area contributed by atoms with Crippen molar-refractivity contribution in [1.82, 2.24) is 0 Å². The van der Waals surface area contributed by atoms with Crippen LogP contribution in [0.15, 0.2) is 60.7 Å². The van der Waals surface area contributed by atoms with Crippen LogP contribution in [0, 0.1) is 0 Å². The summed E-state index contributed by atoms with van der Waals surface area (Å²) in [6, 6.07) is 17.9. The summed E-state index contributed by atoms with van der Waals surface area (Å²) in [5.41, 5.74) is 1.55. The average Bonchev–Trinajstić information content (AvgIpc) is 2.72. The third kappa shape index (κ3) is 6.07. The molecule has 0 heterocycles. The molecule has 6 heteroatoms. The lowest BCUT2D eigenvalue weighted by Crippen LogP contribution is -2.47. The number of hydrogen-bond donors (Lipinski definition) is 3. The molecule has 6 nitrogen and oxygen atoms in total. The molecule has 28 heavy (non-hydrogen) atoms. The largest absolute Gasteiger partial charge is 0.390 e. The molecule has 3 N–H and O–H groups in total. The van der Waals surface area contributed by atoms with E-state index in [1.54, 1.807) is 37.3 Å². The van der Waals surface area contributed by atoms with Crippen LogP contribution in [0.4, 0.5) is 0 Å². The fourth-order valence-corrected chi connectivity index (χ4v) is 2.92. The Morgan fingerprint density at radius 2 is 1.25 bits per heavy atom. The minimum Gasteiger partial charge on any atom is -0.390 e. The predicted octanol–water partition coefficient (Wildman–Crippen LogP) is 1.10. The number of aliphatic hydroxyl groups excluding tert-OH is 3. The SMILES string of the molecule is CCOC(Cc1ccccc1)[C@H](O)C(=O)C(=O)[C@H](O)C(O)Cc1ccccc1. The third-order valence-electron chi connectivity index (χ3n) is 4.44. The molecule has 0 radical (unpaired) electrons. The molecular weight excluding hydrogens is 360 g/mol. The zero-order chi connectivity index (χ0) is 20.5. The molecule has 0 saturated heterocycles. The lowest BCUT2D eigenvalue weighted by molar-refractivity contribution is -0.154. The molecule has 0 bridgehead atoms. The van der Waals surface area contributed by atoms with Gasteiger partial charge in [-0.25, -0.2) is 0 Å². The van der Waals surface area contributed by atoms with Crippen LogP contribution in [0.5, 0.6) is 0 Å². The first-order valence-electron chi connectivity index (χ1n) is 9.25. The lowest BCUT2D eigenvalue weighted by atomic mass is 9.94. The van der Waals surface area contributed by atoms with Gasteiger partial charge in [0.15, 0.2) is 0 Å². The summed E-state index contributed by atoms with van der Waals surface area (Å²) >= 11 is 0. The van der Waals surface area contributed by atoms with Gasteiger partial charge < -0.3 is 20.1 Å². The van der Waals surface area contributed by atoms with Crippen molar-refractivity contribution in [2.24, 2.45) is 0 Å². The Morgan fingerprint density at radius 3 is 1.75 bits per heavy atom. The van der Waals surface area contributed by atoms with Gasteiger partial charge >= 0.3 is 0 Å². The Balaban J connectivity index is 2.02. The summed E-state index contributed by atoms with van der Waals surface area (Å²) < 4.78 is 5.45. The highest BCUT2D eigenvalue weighted by Crippen LogP contribution is 2.13. The van der Waals surface area contributed by atoms with Gasteiger partial charge in [0.2, 0.25) is 11.6 Å². The maximum Gasteiger partial charge on any atom is 0.232 e. The average molecular weight is 386 g/mol. The van der Waals surface area contributed by atoms with Crippen molar-refractivity contribution in [3.63, 3.8) is 0 Å². The van der Waals surface area contributed by atoms with E-state index >= 15 is 0 Å². The van der Waals surface area contributed by atoms with Crippen LogP contribution in [0.1, 0.15) is 18.1 Å². The van der Waals surface area contributed by atoms with Crippen LogP contribution in [0.2, 0.25) is 0 Å². The summed E-state index contributed by atoms with van der Waals surface area (Å²) in [6.45, 7) is 1.96. The van der Waals surface area contributed by atoms with Gasteiger partial charge in [0.05, 0.1) is 12.2 Å². The third-order valence-corrected chi connectivity index (χ3v) is 4.44. The molecule has 0 saturated carbocycles. The van der Waals surface area contributed by atoms with Gasteiger partial charge in [0.1, 0.15) is 12.2 Å². The molecule has 2 unspecified atom stereocenters. The van der Waals surface area contributed by atoms with Crippen molar-refractivity contribution in [3.8, 4) is 0 Å². The Labute approximate surface area is 164 Å². The maximum absolute atomic E-state index is 12.4. The monoisotopic (exact) mass is 386 g/mol. The zero-order valence-corrected chi connectivity index (χ0v) is 15.8. The second-order valence-electron chi connectivity index (χ2n) is 6.56. The molecule has 0 spiro atoms. The Morgan fingerprint density at radius 1 is 0.786 bits per heavy atom. The van der Waals surface area contributed by atoms with Crippen LogP contribution in [0.3, 0.4) is 0 Å². The molecule has 0 aliphatic carbocycles. The molecule has 0 aliphatic rings. The van der Waals surface area contributed by atoms with Gasteiger partial charge in [-0.05, 0) is 18.1 Å². The molecule has 2 aromatic carbocycles. The number of Topliss-reactive ketones (excluding diaryl/α,β-unsaturated/α-hetero) is 2. The van der Waals surface area contributed by atoms with Crippen LogP contribution < -0.4 is 0 Å². The van der Waals surface area contributed by atoms with Gasteiger partial charge in [-0.15, -0.1) is 0 Å². The van der Waals surface area contributed by atoms with E-state index in [2.05, 4.69) is 0 Å². The topological polar surface area (TPSA) is 104 Å². The summed E-state index contributed by atoms with van der Waals surface area (Å²) in [5, 5.41) is 30.6. The van der Waals surface area contributed by atoms with Gasteiger partial charge in [-0.3, -0.25) is 9.59 Å². The fraction of sp³-hybridized carbons (Fsp3) is 0.364. The maximum atomic E-state index is 12.4. The standard InChI is InChI=1S/C22H26O6/c1-2-28-18(14-16-11-7-4-8-12-16)20(25)22(27)21(26)19(24)17(23)13-15-9-5-3-6-10-15/h3-12,17-20,23-25H,2,13-14H2,1H3/t17?,18?,19-,20+/m1/s1. The van der Waals surface area contributed by atoms with Crippen LogP contribution in [0.25, 0.3) is 0 Å². The Bertz CT molecular complexity index is 746. The zero-order valence-electron chi connectivity index (χ0n) is 15.8. The van der Waals surface area contributed by atoms with Crippen molar-refractivity contribution >= 4 is 11.6 Å². The van der Waals surface area contributed by atoms with E-state index in [0.717, 1.165) is 5.56 Å². The first kappa shape index (κ1) is 21.9. The summed E-state index contributed by atoms with van der Waals surface area (Å²) in [6.07, 6.45) is -5.78. The minimum atomic E-state index is -1.92. The molecule has 0 aliphatic heterocycles. The van der Waals surface area contributed by atoms with Crippen molar-refractivity contribution in [2.75, 3.05) is 6.61 Å². The normalized spacial score (nSPS) is 15.4.